The van der Waals surface area contributed by atoms with Crippen molar-refractivity contribution in [2.45, 2.75) is 33.7 Å². The van der Waals surface area contributed by atoms with Gasteiger partial charge in [0, 0.05) is 12.6 Å². The van der Waals surface area contributed by atoms with Crippen molar-refractivity contribution in [3.8, 4) is 0 Å². The molecule has 0 aromatic carbocycles. The summed E-state index contributed by atoms with van der Waals surface area (Å²) >= 11 is 0. The first kappa shape index (κ1) is 9.47. The summed E-state index contributed by atoms with van der Waals surface area (Å²) < 4.78 is 5.51. The van der Waals surface area contributed by atoms with Gasteiger partial charge in [0.1, 0.15) is 0 Å². The van der Waals surface area contributed by atoms with Gasteiger partial charge in [0.15, 0.2) is 0 Å². The lowest BCUT2D eigenvalue weighted by molar-refractivity contribution is 0.0636. The molecule has 1 heterocycles. The normalized spacial score (nSPS) is 37.4. The monoisotopic (exact) mass is 183 g/mol. The minimum Gasteiger partial charge on any atom is -0.379 e. The molecular weight excluding hydrogens is 162 g/mol. The zero-order valence-corrected chi connectivity index (χ0v) is 9.18. The molecule has 0 amide bonds. The van der Waals surface area contributed by atoms with E-state index in [1.165, 1.54) is 0 Å². The van der Waals surface area contributed by atoms with Gasteiger partial charge in [0.05, 0.1) is 13.2 Å². The van der Waals surface area contributed by atoms with E-state index >= 15 is 0 Å². The molecule has 2 nitrogen and oxygen atoms in total. The number of morpholine rings is 1. The number of ether oxygens (including phenoxy) is 1. The van der Waals surface area contributed by atoms with Gasteiger partial charge in [-0.3, -0.25) is 0 Å². The Bertz CT molecular complexity index is 190. The Balaban J connectivity index is 2.03. The summed E-state index contributed by atoms with van der Waals surface area (Å²) in [6, 6.07) is 0.582. The van der Waals surface area contributed by atoms with Crippen molar-refractivity contribution in [3.05, 3.63) is 0 Å². The maximum atomic E-state index is 5.51. The number of hydrogen-bond acceptors (Lipinski definition) is 2. The zero-order valence-electron chi connectivity index (χ0n) is 9.18. The van der Waals surface area contributed by atoms with Gasteiger partial charge in [-0.15, -0.1) is 0 Å². The maximum absolute atomic E-state index is 5.51. The first-order valence-corrected chi connectivity index (χ1v) is 5.29. The van der Waals surface area contributed by atoms with Crippen molar-refractivity contribution in [2.75, 3.05) is 19.8 Å². The topological polar surface area (TPSA) is 21.3 Å². The quantitative estimate of drug-likeness (QED) is 0.667. The van der Waals surface area contributed by atoms with Crippen LogP contribution >= 0.6 is 0 Å². The fourth-order valence-electron chi connectivity index (χ4n) is 3.05. The first-order chi connectivity index (χ1) is 5.98. The van der Waals surface area contributed by atoms with Crippen LogP contribution in [0, 0.1) is 16.7 Å². The van der Waals surface area contributed by atoms with E-state index in [2.05, 4.69) is 33.0 Å². The van der Waals surface area contributed by atoms with Crippen LogP contribution in [0.25, 0.3) is 0 Å². The van der Waals surface area contributed by atoms with Crippen LogP contribution in [0.5, 0.6) is 0 Å². The average molecular weight is 183 g/mol. The summed E-state index contributed by atoms with van der Waals surface area (Å²) in [6.07, 6.45) is 0. The molecule has 2 rings (SSSR count). The Morgan fingerprint density at radius 2 is 1.77 bits per heavy atom. The van der Waals surface area contributed by atoms with Gasteiger partial charge >= 0.3 is 0 Å². The Hall–Kier alpha value is -0.0800. The largest absolute Gasteiger partial charge is 0.379 e. The van der Waals surface area contributed by atoms with Gasteiger partial charge in [0.2, 0.25) is 0 Å². The van der Waals surface area contributed by atoms with Gasteiger partial charge in [-0.25, -0.2) is 0 Å². The molecule has 0 bridgehead atoms. The third-order valence-electron chi connectivity index (χ3n) is 4.49. The van der Waals surface area contributed by atoms with E-state index in [4.69, 9.17) is 4.74 Å². The van der Waals surface area contributed by atoms with Crippen LogP contribution in [0.2, 0.25) is 0 Å². The van der Waals surface area contributed by atoms with Crippen LogP contribution in [0.3, 0.4) is 0 Å². The van der Waals surface area contributed by atoms with E-state index in [9.17, 15) is 0 Å². The van der Waals surface area contributed by atoms with Crippen LogP contribution in [-0.4, -0.2) is 25.8 Å². The van der Waals surface area contributed by atoms with Crippen molar-refractivity contribution < 1.29 is 4.74 Å². The highest BCUT2D eigenvalue weighted by molar-refractivity contribution is 5.16. The van der Waals surface area contributed by atoms with Gasteiger partial charge in [0.25, 0.3) is 0 Å². The maximum Gasteiger partial charge on any atom is 0.0623 e. The van der Waals surface area contributed by atoms with Gasteiger partial charge in [-0.2, -0.15) is 0 Å². The summed E-state index contributed by atoms with van der Waals surface area (Å²) in [7, 11) is 0. The van der Waals surface area contributed by atoms with Crippen LogP contribution < -0.4 is 5.32 Å². The summed E-state index contributed by atoms with van der Waals surface area (Å²) in [4.78, 5) is 0. The molecule has 2 aliphatic rings. The Morgan fingerprint density at radius 1 is 1.15 bits per heavy atom. The molecule has 1 aliphatic carbocycles. The van der Waals surface area contributed by atoms with Crippen LogP contribution in [0.1, 0.15) is 27.7 Å². The summed E-state index contributed by atoms with van der Waals surface area (Å²) in [6.45, 7) is 12.3. The minimum absolute atomic E-state index is 0.478. The van der Waals surface area contributed by atoms with Crippen LogP contribution in [0.15, 0.2) is 0 Å². The second kappa shape index (κ2) is 2.71. The molecular formula is C11H21NO. The third kappa shape index (κ3) is 1.23. The molecule has 0 aromatic heterocycles. The molecule has 1 atom stereocenters. The summed E-state index contributed by atoms with van der Waals surface area (Å²) in [5.74, 6) is 0.778. The second-order valence-corrected chi connectivity index (χ2v) is 5.56. The van der Waals surface area contributed by atoms with Crippen molar-refractivity contribution in [2.24, 2.45) is 16.7 Å². The van der Waals surface area contributed by atoms with Gasteiger partial charge < -0.3 is 10.1 Å². The number of hydrogen-bond donors (Lipinski definition) is 1. The van der Waals surface area contributed by atoms with Crippen LogP contribution in [0.4, 0.5) is 0 Å². The lowest BCUT2D eigenvalue weighted by Gasteiger charge is -2.25. The third-order valence-corrected chi connectivity index (χ3v) is 4.49. The Kier molecular flexibility index (Phi) is 1.97. The highest BCUT2D eigenvalue weighted by atomic mass is 16.5. The number of rotatable bonds is 1. The van der Waals surface area contributed by atoms with Crippen molar-refractivity contribution in [3.63, 3.8) is 0 Å². The molecule has 1 saturated carbocycles. The molecule has 0 spiro atoms. The van der Waals surface area contributed by atoms with Crippen molar-refractivity contribution in [1.29, 1.82) is 0 Å². The minimum atomic E-state index is 0.478. The second-order valence-electron chi connectivity index (χ2n) is 5.56. The van der Waals surface area contributed by atoms with E-state index in [1.54, 1.807) is 0 Å². The lowest BCUT2D eigenvalue weighted by Crippen LogP contribution is -2.44. The first-order valence-electron chi connectivity index (χ1n) is 5.29. The molecule has 1 saturated heterocycles. The Morgan fingerprint density at radius 3 is 2.15 bits per heavy atom. The summed E-state index contributed by atoms with van der Waals surface area (Å²) in [5.41, 5.74) is 0.955. The predicted octanol–water partition coefficient (Wildman–Crippen LogP) is 1.66. The highest BCUT2D eigenvalue weighted by Crippen LogP contribution is 2.69. The number of nitrogens with one attached hydrogen (secondary N) is 1. The smallest absolute Gasteiger partial charge is 0.0623 e. The zero-order chi connectivity index (χ0) is 9.69. The Labute approximate surface area is 81.0 Å². The van der Waals surface area contributed by atoms with E-state index in [1.807, 2.05) is 0 Å². The molecule has 2 heteroatoms. The van der Waals surface area contributed by atoms with E-state index in [-0.39, 0.29) is 0 Å². The van der Waals surface area contributed by atoms with Gasteiger partial charge in [-0.1, -0.05) is 27.7 Å². The standard InChI is InChI=1S/C11H21NO/c1-10(2)9(11(10,3)4)8-7-13-6-5-12-8/h8-9,12H,5-7H2,1-4H3. The fraction of sp³-hybridized carbons (Fsp3) is 1.00. The molecule has 13 heavy (non-hydrogen) atoms. The summed E-state index contributed by atoms with van der Waals surface area (Å²) in [5, 5.41) is 3.57. The van der Waals surface area contributed by atoms with E-state index in [0.29, 0.717) is 16.9 Å². The van der Waals surface area contributed by atoms with E-state index in [0.717, 1.165) is 25.7 Å². The van der Waals surface area contributed by atoms with Gasteiger partial charge in [-0.05, 0) is 16.7 Å². The molecule has 1 aliphatic heterocycles. The highest BCUT2D eigenvalue weighted by Gasteiger charge is 2.67. The van der Waals surface area contributed by atoms with Crippen LogP contribution in [-0.2, 0) is 4.74 Å². The van der Waals surface area contributed by atoms with E-state index < -0.39 is 0 Å². The van der Waals surface area contributed by atoms with Crippen molar-refractivity contribution >= 4 is 0 Å². The lowest BCUT2D eigenvalue weighted by atomic mass is 10.0. The average Bonchev–Trinajstić information content (AvgIpc) is 2.44. The molecule has 0 radical (unpaired) electrons. The molecule has 76 valence electrons. The predicted molar refractivity (Wildman–Crippen MR) is 53.7 cm³/mol. The molecule has 2 fully saturated rings. The molecule has 1 N–H and O–H groups in total. The van der Waals surface area contributed by atoms with Crippen molar-refractivity contribution in [1.82, 2.24) is 5.32 Å². The molecule has 1 unspecified atom stereocenters. The SMILES string of the molecule is CC1(C)C(C2COCCN2)C1(C)C. The molecule has 0 aromatic rings. The fourth-order valence-corrected chi connectivity index (χ4v) is 3.05.